The fourth-order valence-electron chi connectivity index (χ4n) is 2.10. The van der Waals surface area contributed by atoms with Gasteiger partial charge in [-0.2, -0.15) is 0 Å². The van der Waals surface area contributed by atoms with E-state index in [1.165, 1.54) is 6.07 Å². The first-order valence-electron chi connectivity index (χ1n) is 6.95. The van der Waals surface area contributed by atoms with Crippen molar-refractivity contribution in [2.75, 3.05) is 6.54 Å². The van der Waals surface area contributed by atoms with E-state index >= 15 is 0 Å². The highest BCUT2D eigenvalue weighted by atomic mass is 79.9. The standard InChI is InChI=1S/C16H12BrFN4O/c17-11-5-6-12(18)10(9-11)7-8-19-16(23)15-20-13-3-1-2-4-14(13)21-22-15/h1-6,9H,7-8H2,(H,19,23). The summed E-state index contributed by atoms with van der Waals surface area (Å²) in [5, 5.41) is 10.4. The summed E-state index contributed by atoms with van der Waals surface area (Å²) in [6.07, 6.45) is 0.373. The minimum Gasteiger partial charge on any atom is -0.349 e. The molecule has 23 heavy (non-hydrogen) atoms. The molecule has 0 radical (unpaired) electrons. The Morgan fingerprint density at radius 1 is 1.13 bits per heavy atom. The predicted molar refractivity (Wildman–Crippen MR) is 87.5 cm³/mol. The third kappa shape index (κ3) is 3.68. The van der Waals surface area contributed by atoms with Gasteiger partial charge in [-0.15, -0.1) is 10.2 Å². The largest absolute Gasteiger partial charge is 0.349 e. The molecule has 0 saturated carbocycles. The van der Waals surface area contributed by atoms with Crippen molar-refractivity contribution in [1.82, 2.24) is 20.5 Å². The number of nitrogens with one attached hydrogen (secondary N) is 1. The number of para-hydroxylation sites is 1. The van der Waals surface area contributed by atoms with E-state index in [2.05, 4.69) is 36.4 Å². The number of carbonyl (C=O) groups is 1. The number of amides is 1. The van der Waals surface area contributed by atoms with Gasteiger partial charge in [-0.3, -0.25) is 4.79 Å². The maximum atomic E-state index is 13.6. The number of benzene rings is 2. The smallest absolute Gasteiger partial charge is 0.291 e. The molecule has 1 amide bonds. The Morgan fingerprint density at radius 3 is 2.74 bits per heavy atom. The van der Waals surface area contributed by atoms with Crippen LogP contribution in [-0.2, 0) is 6.42 Å². The quantitative estimate of drug-likeness (QED) is 0.762. The average molecular weight is 375 g/mol. The van der Waals surface area contributed by atoms with E-state index in [4.69, 9.17) is 0 Å². The van der Waals surface area contributed by atoms with Crippen molar-refractivity contribution in [2.24, 2.45) is 0 Å². The van der Waals surface area contributed by atoms with Gasteiger partial charge < -0.3 is 5.32 Å². The Balaban J connectivity index is 1.65. The van der Waals surface area contributed by atoms with E-state index < -0.39 is 5.91 Å². The molecule has 0 aliphatic rings. The highest BCUT2D eigenvalue weighted by Gasteiger charge is 2.11. The van der Waals surface area contributed by atoms with Crippen LogP contribution < -0.4 is 5.32 Å². The molecule has 5 nitrogen and oxygen atoms in total. The highest BCUT2D eigenvalue weighted by Crippen LogP contribution is 2.15. The Kier molecular flexibility index (Phi) is 4.57. The number of carbonyl (C=O) groups excluding carboxylic acids is 1. The van der Waals surface area contributed by atoms with Gasteiger partial charge in [0, 0.05) is 11.0 Å². The summed E-state index contributed by atoms with van der Waals surface area (Å²) in [4.78, 5) is 16.2. The second-order valence-electron chi connectivity index (χ2n) is 4.87. The summed E-state index contributed by atoms with van der Waals surface area (Å²) < 4.78 is 14.4. The van der Waals surface area contributed by atoms with Crippen LogP contribution in [0.2, 0.25) is 0 Å². The average Bonchev–Trinajstić information content (AvgIpc) is 2.57. The molecule has 1 heterocycles. The van der Waals surface area contributed by atoms with Gasteiger partial charge in [-0.1, -0.05) is 28.1 Å². The predicted octanol–water partition coefficient (Wildman–Crippen LogP) is 2.90. The SMILES string of the molecule is O=C(NCCc1cc(Br)ccc1F)c1nnc2ccccc2n1. The lowest BCUT2D eigenvalue weighted by Crippen LogP contribution is -2.28. The highest BCUT2D eigenvalue weighted by molar-refractivity contribution is 9.10. The first kappa shape index (κ1) is 15.5. The summed E-state index contributed by atoms with van der Waals surface area (Å²) in [6, 6.07) is 11.9. The molecule has 1 N–H and O–H groups in total. The number of hydrogen-bond acceptors (Lipinski definition) is 4. The Morgan fingerprint density at radius 2 is 1.91 bits per heavy atom. The van der Waals surface area contributed by atoms with Crippen LogP contribution in [-0.4, -0.2) is 27.6 Å². The van der Waals surface area contributed by atoms with Crippen LogP contribution in [0.1, 0.15) is 16.2 Å². The summed E-state index contributed by atoms with van der Waals surface area (Å²) in [6.45, 7) is 0.280. The monoisotopic (exact) mass is 374 g/mol. The molecule has 0 fully saturated rings. The lowest BCUT2D eigenvalue weighted by molar-refractivity contribution is 0.0943. The third-order valence-corrected chi connectivity index (χ3v) is 3.74. The summed E-state index contributed by atoms with van der Waals surface area (Å²) in [7, 11) is 0. The molecule has 2 aromatic carbocycles. The van der Waals surface area contributed by atoms with E-state index in [0.29, 0.717) is 23.0 Å². The minimum atomic E-state index is -0.432. The molecule has 116 valence electrons. The number of rotatable bonds is 4. The molecule has 0 saturated heterocycles. The van der Waals surface area contributed by atoms with Crippen LogP contribution in [0.15, 0.2) is 46.9 Å². The van der Waals surface area contributed by atoms with Crippen LogP contribution >= 0.6 is 15.9 Å². The van der Waals surface area contributed by atoms with Crippen LogP contribution in [0, 0.1) is 5.82 Å². The van der Waals surface area contributed by atoms with Crippen molar-refractivity contribution in [1.29, 1.82) is 0 Å². The Bertz CT molecular complexity index is 872. The van der Waals surface area contributed by atoms with Crippen LogP contribution in [0.5, 0.6) is 0 Å². The van der Waals surface area contributed by atoms with E-state index in [0.717, 1.165) is 4.47 Å². The summed E-state index contributed by atoms with van der Waals surface area (Å²) in [5.74, 6) is -0.733. The van der Waals surface area contributed by atoms with Gasteiger partial charge >= 0.3 is 0 Å². The van der Waals surface area contributed by atoms with Crippen molar-refractivity contribution < 1.29 is 9.18 Å². The maximum Gasteiger partial charge on any atom is 0.291 e. The van der Waals surface area contributed by atoms with E-state index in [1.54, 1.807) is 24.3 Å². The zero-order chi connectivity index (χ0) is 16.2. The van der Waals surface area contributed by atoms with E-state index in [9.17, 15) is 9.18 Å². The van der Waals surface area contributed by atoms with Crippen molar-refractivity contribution in [3.8, 4) is 0 Å². The van der Waals surface area contributed by atoms with Crippen LogP contribution in [0.25, 0.3) is 11.0 Å². The van der Waals surface area contributed by atoms with Crippen LogP contribution in [0.3, 0.4) is 0 Å². The maximum absolute atomic E-state index is 13.6. The van der Waals surface area contributed by atoms with Gasteiger partial charge in [0.15, 0.2) is 0 Å². The van der Waals surface area contributed by atoms with Crippen LogP contribution in [0.4, 0.5) is 4.39 Å². The van der Waals surface area contributed by atoms with Gasteiger partial charge in [0.2, 0.25) is 5.82 Å². The molecule has 3 aromatic rings. The molecule has 3 rings (SSSR count). The molecule has 0 aliphatic heterocycles. The fourth-order valence-corrected chi connectivity index (χ4v) is 2.51. The topological polar surface area (TPSA) is 67.8 Å². The molecule has 7 heteroatoms. The van der Waals surface area contributed by atoms with Gasteiger partial charge in [-0.05, 0) is 42.3 Å². The molecular formula is C16H12BrFN4O. The molecular weight excluding hydrogens is 363 g/mol. The van der Waals surface area contributed by atoms with Crippen molar-refractivity contribution in [3.63, 3.8) is 0 Å². The Labute approximate surface area is 140 Å². The summed E-state index contributed by atoms with van der Waals surface area (Å²) in [5.41, 5.74) is 1.75. The van der Waals surface area contributed by atoms with E-state index in [1.807, 2.05) is 12.1 Å². The second kappa shape index (κ2) is 6.78. The van der Waals surface area contributed by atoms with Gasteiger partial charge in [0.05, 0.1) is 5.52 Å². The van der Waals surface area contributed by atoms with Gasteiger partial charge in [0.25, 0.3) is 5.91 Å². The number of nitrogens with zero attached hydrogens (tertiary/aromatic N) is 3. The van der Waals surface area contributed by atoms with Gasteiger partial charge in [-0.25, -0.2) is 9.37 Å². The number of fused-ring (bicyclic) bond motifs is 1. The number of hydrogen-bond donors (Lipinski definition) is 1. The lowest BCUT2D eigenvalue weighted by Gasteiger charge is -2.06. The first-order valence-corrected chi connectivity index (χ1v) is 7.74. The number of halogens is 2. The van der Waals surface area contributed by atoms with Gasteiger partial charge in [0.1, 0.15) is 11.3 Å². The molecule has 1 aromatic heterocycles. The fraction of sp³-hybridized carbons (Fsp3) is 0.125. The minimum absolute atomic E-state index is 0.00147. The first-order chi connectivity index (χ1) is 11.1. The molecule has 0 spiro atoms. The lowest BCUT2D eigenvalue weighted by atomic mass is 10.1. The van der Waals surface area contributed by atoms with Crippen molar-refractivity contribution in [2.45, 2.75) is 6.42 Å². The molecule has 0 unspecified atom stereocenters. The molecule has 0 atom stereocenters. The summed E-state index contributed by atoms with van der Waals surface area (Å²) >= 11 is 3.29. The zero-order valence-corrected chi connectivity index (χ0v) is 13.5. The normalized spacial score (nSPS) is 10.7. The molecule has 0 bridgehead atoms. The third-order valence-electron chi connectivity index (χ3n) is 3.25. The Hall–Kier alpha value is -2.41. The zero-order valence-electron chi connectivity index (χ0n) is 12.0. The van der Waals surface area contributed by atoms with Crippen molar-refractivity contribution in [3.05, 3.63) is 64.1 Å². The molecule has 0 aliphatic carbocycles. The van der Waals surface area contributed by atoms with Crippen molar-refractivity contribution >= 4 is 32.9 Å². The second-order valence-corrected chi connectivity index (χ2v) is 5.78. The van der Waals surface area contributed by atoms with E-state index in [-0.39, 0.29) is 18.2 Å². The number of aromatic nitrogens is 3.